The van der Waals surface area contributed by atoms with Gasteiger partial charge in [0.05, 0.1) is 11.3 Å². The molecule has 7 nitrogen and oxygen atoms in total. The molecule has 0 saturated heterocycles. The van der Waals surface area contributed by atoms with Crippen LogP contribution in [-0.2, 0) is 12.7 Å². The molecule has 0 atom stereocenters. The first-order chi connectivity index (χ1) is 15.7. The highest BCUT2D eigenvalue weighted by Crippen LogP contribution is 2.34. The normalized spacial score (nSPS) is 10.9. The number of rotatable bonds is 6. The number of urea groups is 1. The van der Waals surface area contributed by atoms with E-state index in [2.05, 4.69) is 36.9 Å². The van der Waals surface area contributed by atoms with Crippen LogP contribution in [0.2, 0.25) is 0 Å². The number of carbonyl (C=O) groups is 2. The Hall–Kier alpha value is -3.60. The van der Waals surface area contributed by atoms with Crippen LogP contribution in [0.5, 0.6) is 11.5 Å². The fourth-order valence-electron chi connectivity index (χ4n) is 2.68. The number of amides is 3. The number of nitrogens with zero attached hydrogens (tertiary/aromatic N) is 1. The van der Waals surface area contributed by atoms with Crippen molar-refractivity contribution in [2.45, 2.75) is 12.7 Å². The number of hydrogen-bond acceptors (Lipinski definition) is 4. The molecule has 1 heterocycles. The number of anilines is 1. The Morgan fingerprint density at radius 3 is 2.42 bits per heavy atom. The van der Waals surface area contributed by atoms with Gasteiger partial charge in [0.25, 0.3) is 5.91 Å². The molecule has 0 aliphatic heterocycles. The summed E-state index contributed by atoms with van der Waals surface area (Å²) >= 11 is 3.12. The van der Waals surface area contributed by atoms with Gasteiger partial charge in [-0.15, -0.1) is 0 Å². The average Bonchev–Trinajstić information content (AvgIpc) is 2.79. The van der Waals surface area contributed by atoms with Gasteiger partial charge in [0.2, 0.25) is 0 Å². The molecule has 33 heavy (non-hydrogen) atoms. The lowest BCUT2D eigenvalue weighted by molar-refractivity contribution is -0.137. The quantitative estimate of drug-likeness (QED) is 0.407. The maximum Gasteiger partial charge on any atom is 0.416 e. The molecule has 0 fully saturated rings. The Bertz CT molecular complexity index is 1150. The van der Waals surface area contributed by atoms with E-state index in [1.165, 1.54) is 25.4 Å². The summed E-state index contributed by atoms with van der Waals surface area (Å²) in [7, 11) is 1.50. The number of pyridine rings is 1. The number of carbonyl (C=O) groups excluding carboxylic acids is 2. The van der Waals surface area contributed by atoms with Gasteiger partial charge >= 0.3 is 12.2 Å². The van der Waals surface area contributed by atoms with Crippen molar-refractivity contribution in [2.75, 3.05) is 12.4 Å². The van der Waals surface area contributed by atoms with Crippen molar-refractivity contribution in [1.82, 2.24) is 15.6 Å². The maximum absolute atomic E-state index is 12.9. The molecule has 0 aliphatic rings. The minimum Gasteiger partial charge on any atom is -0.457 e. The van der Waals surface area contributed by atoms with Crippen molar-refractivity contribution in [1.29, 1.82) is 0 Å². The van der Waals surface area contributed by atoms with Gasteiger partial charge in [-0.2, -0.15) is 13.2 Å². The summed E-state index contributed by atoms with van der Waals surface area (Å²) in [6.07, 6.45) is -3.06. The van der Waals surface area contributed by atoms with Gasteiger partial charge in [0.1, 0.15) is 17.2 Å². The average molecular weight is 523 g/mol. The predicted octanol–water partition coefficient (Wildman–Crippen LogP) is 5.34. The minimum absolute atomic E-state index is 0.000419. The molecule has 3 rings (SSSR count). The van der Waals surface area contributed by atoms with Crippen molar-refractivity contribution >= 4 is 33.6 Å². The first-order valence-electron chi connectivity index (χ1n) is 9.52. The zero-order chi connectivity index (χ0) is 24.0. The second kappa shape index (κ2) is 10.3. The number of hydrogen-bond donors (Lipinski definition) is 3. The molecule has 0 radical (unpaired) electrons. The van der Waals surface area contributed by atoms with Gasteiger partial charge in [-0.3, -0.25) is 9.78 Å². The second-order valence-corrected chi connectivity index (χ2v) is 7.56. The van der Waals surface area contributed by atoms with Crippen LogP contribution in [0.15, 0.2) is 65.3 Å². The van der Waals surface area contributed by atoms with Gasteiger partial charge in [0.15, 0.2) is 0 Å². The van der Waals surface area contributed by atoms with Crippen molar-refractivity contribution in [3.63, 3.8) is 0 Å². The second-order valence-electron chi connectivity index (χ2n) is 6.70. The Morgan fingerprint density at radius 2 is 1.76 bits per heavy atom. The third kappa shape index (κ3) is 6.69. The van der Waals surface area contributed by atoms with Crippen LogP contribution in [0.4, 0.5) is 23.7 Å². The summed E-state index contributed by atoms with van der Waals surface area (Å²) in [5.41, 5.74) is 0.0865. The van der Waals surface area contributed by atoms with Gasteiger partial charge in [0, 0.05) is 30.3 Å². The van der Waals surface area contributed by atoms with Crippen LogP contribution in [0.3, 0.4) is 0 Å². The molecular formula is C22H18BrF3N4O3. The third-order valence-electron chi connectivity index (χ3n) is 4.35. The third-order valence-corrected chi connectivity index (χ3v) is 5.04. The highest BCUT2D eigenvalue weighted by atomic mass is 79.9. The molecule has 3 aromatic rings. The molecule has 0 unspecified atom stereocenters. The number of aromatic nitrogens is 1. The predicted molar refractivity (Wildman–Crippen MR) is 119 cm³/mol. The number of nitrogens with one attached hydrogen (secondary N) is 3. The highest BCUT2D eigenvalue weighted by Gasteiger charge is 2.31. The molecule has 3 N–H and O–H groups in total. The van der Waals surface area contributed by atoms with Crippen LogP contribution in [0.1, 0.15) is 21.6 Å². The standard InChI is InChI=1S/C22H18BrF3N4O3/c1-27-20(31)19-11-16(8-9-28-19)33-15-5-2-13(3-6-15)12-29-21(32)30-18-10-14(22(24,25)26)4-7-17(18)23/h2-11H,12H2,1H3,(H,27,31)(H2,29,30,32). The molecule has 0 bridgehead atoms. The van der Waals surface area contributed by atoms with E-state index in [0.717, 1.165) is 17.7 Å². The highest BCUT2D eigenvalue weighted by molar-refractivity contribution is 9.10. The lowest BCUT2D eigenvalue weighted by atomic mass is 10.2. The topological polar surface area (TPSA) is 92.4 Å². The van der Waals surface area contributed by atoms with E-state index in [0.29, 0.717) is 16.0 Å². The summed E-state index contributed by atoms with van der Waals surface area (Å²) in [4.78, 5) is 27.8. The molecular weight excluding hydrogens is 505 g/mol. The van der Waals surface area contributed by atoms with Crippen LogP contribution in [0.25, 0.3) is 0 Å². The van der Waals surface area contributed by atoms with Gasteiger partial charge in [-0.05, 0) is 57.9 Å². The minimum atomic E-state index is -4.52. The van der Waals surface area contributed by atoms with E-state index in [1.54, 1.807) is 30.3 Å². The summed E-state index contributed by atoms with van der Waals surface area (Å²) in [5, 5.41) is 7.46. The summed E-state index contributed by atoms with van der Waals surface area (Å²) in [6, 6.07) is 12.2. The van der Waals surface area contributed by atoms with Gasteiger partial charge in [-0.25, -0.2) is 4.79 Å². The van der Waals surface area contributed by atoms with Crippen molar-refractivity contribution in [3.8, 4) is 11.5 Å². The fraction of sp³-hybridized carbons (Fsp3) is 0.136. The largest absolute Gasteiger partial charge is 0.457 e. The molecule has 0 saturated carbocycles. The van der Waals surface area contributed by atoms with E-state index in [9.17, 15) is 22.8 Å². The lowest BCUT2D eigenvalue weighted by Gasteiger charge is -2.13. The van der Waals surface area contributed by atoms with Crippen molar-refractivity contribution in [3.05, 3.63) is 82.1 Å². The van der Waals surface area contributed by atoms with Crippen LogP contribution < -0.4 is 20.7 Å². The number of alkyl halides is 3. The molecule has 2 aromatic carbocycles. The zero-order valence-corrected chi connectivity index (χ0v) is 18.8. The Kier molecular flexibility index (Phi) is 7.54. The summed E-state index contributed by atoms with van der Waals surface area (Å²) in [5.74, 6) is 0.600. The Labute approximate surface area is 195 Å². The van der Waals surface area contributed by atoms with E-state index >= 15 is 0 Å². The number of benzene rings is 2. The summed E-state index contributed by atoms with van der Waals surface area (Å²) < 4.78 is 44.7. The summed E-state index contributed by atoms with van der Waals surface area (Å²) in [6.45, 7) is 0.138. The molecule has 3 amide bonds. The first kappa shape index (κ1) is 24.1. The molecule has 0 aliphatic carbocycles. The smallest absolute Gasteiger partial charge is 0.416 e. The monoisotopic (exact) mass is 522 g/mol. The Morgan fingerprint density at radius 1 is 1.03 bits per heavy atom. The molecule has 1 aromatic heterocycles. The van der Waals surface area contributed by atoms with Crippen molar-refractivity contribution < 1.29 is 27.5 Å². The lowest BCUT2D eigenvalue weighted by Crippen LogP contribution is -2.28. The Balaban J connectivity index is 1.57. The zero-order valence-electron chi connectivity index (χ0n) is 17.2. The molecule has 172 valence electrons. The van der Waals surface area contributed by atoms with E-state index in [-0.39, 0.29) is 23.8 Å². The van der Waals surface area contributed by atoms with Crippen LogP contribution >= 0.6 is 15.9 Å². The fourth-order valence-corrected chi connectivity index (χ4v) is 3.03. The SMILES string of the molecule is CNC(=O)c1cc(Oc2ccc(CNC(=O)Nc3cc(C(F)(F)F)ccc3Br)cc2)ccn1. The van der Waals surface area contributed by atoms with Gasteiger partial charge < -0.3 is 20.7 Å². The first-order valence-corrected chi connectivity index (χ1v) is 10.3. The van der Waals surface area contributed by atoms with E-state index in [1.807, 2.05) is 0 Å². The maximum atomic E-state index is 12.9. The van der Waals surface area contributed by atoms with Crippen LogP contribution in [-0.4, -0.2) is 24.0 Å². The van der Waals surface area contributed by atoms with E-state index in [4.69, 9.17) is 4.74 Å². The van der Waals surface area contributed by atoms with Crippen molar-refractivity contribution in [2.24, 2.45) is 0 Å². The number of ether oxygens (including phenoxy) is 1. The van der Waals surface area contributed by atoms with E-state index < -0.39 is 17.8 Å². The van der Waals surface area contributed by atoms with Crippen LogP contribution in [0, 0.1) is 0 Å². The molecule has 11 heteroatoms. The number of halogens is 4. The van der Waals surface area contributed by atoms with Gasteiger partial charge in [-0.1, -0.05) is 12.1 Å². The molecule has 0 spiro atoms.